The van der Waals surface area contributed by atoms with Crippen molar-refractivity contribution in [1.82, 2.24) is 9.62 Å². The number of anilines is 1. The lowest BCUT2D eigenvalue weighted by atomic mass is 9.95. The summed E-state index contributed by atoms with van der Waals surface area (Å²) in [5.74, 6) is 1.12. The number of hydrogen-bond donors (Lipinski definition) is 2. The molecule has 2 N–H and O–H groups in total. The summed E-state index contributed by atoms with van der Waals surface area (Å²) in [6, 6.07) is 12.9. The highest BCUT2D eigenvalue weighted by Gasteiger charge is 2.40. The molecule has 0 spiro atoms. The Balaban J connectivity index is 1.41. The molecule has 7 heteroatoms. The number of carbonyl (C=O) groups excluding carboxylic acids is 1. The number of carbonyl (C=O) groups is 1. The predicted molar refractivity (Wildman–Crippen MR) is 116 cm³/mol. The van der Waals surface area contributed by atoms with Gasteiger partial charge in [-0.05, 0) is 60.4 Å². The molecule has 2 saturated carbocycles. The van der Waals surface area contributed by atoms with Gasteiger partial charge >= 0.3 is 0 Å². The Bertz CT molecular complexity index is 1070. The van der Waals surface area contributed by atoms with Crippen molar-refractivity contribution in [3.63, 3.8) is 0 Å². The third-order valence-corrected chi connectivity index (χ3v) is 8.83. The summed E-state index contributed by atoms with van der Waals surface area (Å²) in [6.07, 6.45) is 4.71. The summed E-state index contributed by atoms with van der Waals surface area (Å²) in [5, 5.41) is 6.13. The highest BCUT2D eigenvalue weighted by atomic mass is 32.2. The summed E-state index contributed by atoms with van der Waals surface area (Å²) in [7, 11) is -2.05. The molecule has 2 bridgehead atoms. The Morgan fingerprint density at radius 1 is 1.03 bits per heavy atom. The van der Waals surface area contributed by atoms with Crippen LogP contribution < -0.4 is 10.6 Å². The minimum atomic E-state index is -3.75. The number of sulfonamides is 1. The molecule has 1 amide bonds. The van der Waals surface area contributed by atoms with Gasteiger partial charge in [0, 0.05) is 31.7 Å². The molecule has 0 saturated heterocycles. The first-order valence-corrected chi connectivity index (χ1v) is 12.1. The second-order valence-corrected chi connectivity index (χ2v) is 10.7. The van der Waals surface area contributed by atoms with E-state index in [0.29, 0.717) is 30.3 Å². The van der Waals surface area contributed by atoms with Gasteiger partial charge in [-0.2, -0.15) is 4.31 Å². The molecule has 5 rings (SSSR count). The van der Waals surface area contributed by atoms with Crippen molar-refractivity contribution in [2.24, 2.45) is 11.8 Å². The monoisotopic (exact) mass is 425 g/mol. The highest BCUT2D eigenvalue weighted by Crippen LogP contribution is 2.44. The van der Waals surface area contributed by atoms with Crippen LogP contribution in [0, 0.1) is 11.8 Å². The molecule has 2 aromatic carbocycles. The number of nitrogens with zero attached hydrogens (tertiary/aromatic N) is 1. The summed E-state index contributed by atoms with van der Waals surface area (Å²) in [6.45, 7) is 0.701. The number of amides is 1. The quantitative estimate of drug-likeness (QED) is 0.770. The van der Waals surface area contributed by atoms with Gasteiger partial charge in [0.25, 0.3) is 5.91 Å². The Labute approximate surface area is 177 Å². The van der Waals surface area contributed by atoms with Crippen LogP contribution in [0.1, 0.15) is 47.2 Å². The Kier molecular flexibility index (Phi) is 4.82. The van der Waals surface area contributed by atoms with Crippen LogP contribution in [0.25, 0.3) is 0 Å². The van der Waals surface area contributed by atoms with Crippen LogP contribution in [0.5, 0.6) is 0 Å². The van der Waals surface area contributed by atoms with Gasteiger partial charge < -0.3 is 10.6 Å². The fourth-order valence-electron chi connectivity index (χ4n) is 5.37. The van der Waals surface area contributed by atoms with E-state index in [4.69, 9.17) is 0 Å². The molecule has 3 atom stereocenters. The summed E-state index contributed by atoms with van der Waals surface area (Å²) in [5.41, 5.74) is 2.95. The van der Waals surface area contributed by atoms with Crippen LogP contribution in [-0.2, 0) is 23.1 Å². The Hall–Kier alpha value is -2.38. The topological polar surface area (TPSA) is 78.5 Å². The lowest BCUT2D eigenvalue weighted by Gasteiger charge is -2.23. The zero-order valence-electron chi connectivity index (χ0n) is 17.1. The lowest BCUT2D eigenvalue weighted by Crippen LogP contribution is -2.38. The molecule has 158 valence electrons. The van der Waals surface area contributed by atoms with Crippen LogP contribution in [0.3, 0.4) is 0 Å². The summed E-state index contributed by atoms with van der Waals surface area (Å²) >= 11 is 0. The van der Waals surface area contributed by atoms with Crippen LogP contribution in [-0.4, -0.2) is 31.7 Å². The molecule has 1 heterocycles. The van der Waals surface area contributed by atoms with E-state index < -0.39 is 10.0 Å². The number of benzene rings is 2. The van der Waals surface area contributed by atoms with Crippen LogP contribution in [0.15, 0.2) is 47.4 Å². The number of nitrogens with one attached hydrogen (secondary N) is 2. The fourth-order valence-corrected chi connectivity index (χ4v) is 6.99. The molecule has 1 aliphatic heterocycles. The normalized spacial score (nSPS) is 25.3. The standard InChI is InChI=1S/C23H27N3O3S/c1-24-20-9-8-17(23(27)25-21-11-15-6-7-16(21)10-15)12-22(20)30(28,29)26-13-18-4-2-3-5-19(18)14-26/h2-5,8-9,12,15-16,21,24H,6-7,10-11,13-14H2,1H3,(H,25,27)/t15?,16?,21-/m1/s1. The smallest absolute Gasteiger partial charge is 0.251 e. The van der Waals surface area contributed by atoms with Crippen molar-refractivity contribution in [3.05, 3.63) is 59.2 Å². The largest absolute Gasteiger partial charge is 0.387 e. The Morgan fingerprint density at radius 2 is 1.77 bits per heavy atom. The highest BCUT2D eigenvalue weighted by molar-refractivity contribution is 7.89. The van der Waals surface area contributed by atoms with Crippen LogP contribution in [0.4, 0.5) is 5.69 Å². The maximum atomic E-state index is 13.5. The molecule has 2 fully saturated rings. The molecule has 3 aliphatic rings. The Morgan fingerprint density at radius 3 is 2.37 bits per heavy atom. The average Bonchev–Trinajstić information content (AvgIpc) is 3.48. The van der Waals surface area contributed by atoms with E-state index in [9.17, 15) is 13.2 Å². The molecule has 2 aliphatic carbocycles. The predicted octanol–water partition coefficient (Wildman–Crippen LogP) is 3.35. The zero-order valence-corrected chi connectivity index (χ0v) is 17.9. The second kappa shape index (κ2) is 7.39. The molecular formula is C23H27N3O3S. The van der Waals surface area contributed by atoms with Crippen molar-refractivity contribution in [2.75, 3.05) is 12.4 Å². The third kappa shape index (κ3) is 3.30. The number of rotatable bonds is 5. The third-order valence-electron chi connectivity index (χ3n) is 7.00. The molecule has 2 unspecified atom stereocenters. The molecule has 30 heavy (non-hydrogen) atoms. The SMILES string of the molecule is CNc1ccc(C(=O)N[C@@H]2CC3CCC2C3)cc1S(=O)(=O)N1Cc2ccccc2C1. The van der Waals surface area contributed by atoms with Crippen molar-refractivity contribution in [1.29, 1.82) is 0 Å². The minimum Gasteiger partial charge on any atom is -0.387 e. The maximum absolute atomic E-state index is 13.5. The van der Waals surface area contributed by atoms with Gasteiger partial charge in [0.2, 0.25) is 10.0 Å². The first-order valence-electron chi connectivity index (χ1n) is 10.7. The molecule has 0 aromatic heterocycles. The second-order valence-electron chi connectivity index (χ2n) is 8.76. The van der Waals surface area contributed by atoms with E-state index in [0.717, 1.165) is 23.5 Å². The summed E-state index contributed by atoms with van der Waals surface area (Å²) < 4.78 is 28.4. The van der Waals surface area contributed by atoms with Crippen LogP contribution in [0.2, 0.25) is 0 Å². The van der Waals surface area contributed by atoms with E-state index in [1.54, 1.807) is 19.2 Å². The van der Waals surface area contributed by atoms with Gasteiger partial charge in [0.1, 0.15) is 4.90 Å². The zero-order chi connectivity index (χ0) is 20.9. The van der Waals surface area contributed by atoms with Gasteiger partial charge in [0.15, 0.2) is 0 Å². The van der Waals surface area contributed by atoms with Crippen molar-refractivity contribution in [3.8, 4) is 0 Å². The van der Waals surface area contributed by atoms with E-state index in [2.05, 4.69) is 10.6 Å². The van der Waals surface area contributed by atoms with Gasteiger partial charge in [-0.15, -0.1) is 0 Å². The maximum Gasteiger partial charge on any atom is 0.251 e. The lowest BCUT2D eigenvalue weighted by molar-refractivity contribution is 0.0922. The number of fused-ring (bicyclic) bond motifs is 3. The van der Waals surface area contributed by atoms with Crippen LogP contribution >= 0.6 is 0 Å². The fraction of sp³-hybridized carbons (Fsp3) is 0.435. The molecular weight excluding hydrogens is 398 g/mol. The average molecular weight is 426 g/mol. The minimum absolute atomic E-state index is 0.151. The first kappa shape index (κ1) is 19.6. The summed E-state index contributed by atoms with van der Waals surface area (Å²) in [4.78, 5) is 13.1. The van der Waals surface area contributed by atoms with E-state index in [1.807, 2.05) is 24.3 Å². The molecule has 6 nitrogen and oxygen atoms in total. The van der Waals surface area contributed by atoms with Crippen molar-refractivity contribution in [2.45, 2.75) is 49.7 Å². The van der Waals surface area contributed by atoms with Gasteiger partial charge in [0.05, 0.1) is 5.69 Å². The van der Waals surface area contributed by atoms with E-state index in [1.165, 1.54) is 29.6 Å². The van der Waals surface area contributed by atoms with Gasteiger partial charge in [-0.25, -0.2) is 8.42 Å². The van der Waals surface area contributed by atoms with Gasteiger partial charge in [-0.1, -0.05) is 30.7 Å². The van der Waals surface area contributed by atoms with E-state index >= 15 is 0 Å². The van der Waals surface area contributed by atoms with Gasteiger partial charge in [-0.3, -0.25) is 4.79 Å². The van der Waals surface area contributed by atoms with Crippen molar-refractivity contribution < 1.29 is 13.2 Å². The number of hydrogen-bond acceptors (Lipinski definition) is 4. The molecule has 2 aromatic rings. The first-order chi connectivity index (χ1) is 14.5. The molecule has 0 radical (unpaired) electrons. The van der Waals surface area contributed by atoms with E-state index in [-0.39, 0.29) is 16.8 Å². The van der Waals surface area contributed by atoms with Crippen molar-refractivity contribution >= 4 is 21.6 Å².